The zero-order valence-corrected chi connectivity index (χ0v) is 23.8. The Bertz CT molecular complexity index is 1170. The second-order valence-corrected chi connectivity index (χ2v) is 9.58. The van der Waals surface area contributed by atoms with Crippen molar-refractivity contribution in [3.8, 4) is 11.1 Å². The molecule has 5 amide bonds. The lowest BCUT2D eigenvalue weighted by molar-refractivity contribution is -0.143. The summed E-state index contributed by atoms with van der Waals surface area (Å²) in [5, 5.41) is 9.84. The molecule has 0 aliphatic heterocycles. The first-order valence-corrected chi connectivity index (χ1v) is 13.4. The van der Waals surface area contributed by atoms with Gasteiger partial charge in [0.05, 0.1) is 6.54 Å². The van der Waals surface area contributed by atoms with Gasteiger partial charge in [0.25, 0.3) is 0 Å². The van der Waals surface area contributed by atoms with Gasteiger partial charge in [-0.15, -0.1) is 0 Å². The molecule has 1 atom stereocenters. The minimum atomic E-state index is -0.892. The van der Waals surface area contributed by atoms with E-state index in [1.54, 1.807) is 13.8 Å². The molecule has 0 aromatic heterocycles. The smallest absolute Gasteiger partial charge is 0.407 e. The van der Waals surface area contributed by atoms with E-state index < -0.39 is 35.9 Å². The number of carbonyl (C=O) groups is 5. The summed E-state index contributed by atoms with van der Waals surface area (Å²) in [6.45, 7) is 6.93. The van der Waals surface area contributed by atoms with Crippen LogP contribution in [0.2, 0.25) is 0 Å². The van der Waals surface area contributed by atoms with E-state index in [9.17, 15) is 24.0 Å². The number of amides is 5. The van der Waals surface area contributed by atoms with E-state index in [0.29, 0.717) is 6.54 Å². The van der Waals surface area contributed by atoms with E-state index in [2.05, 4.69) is 38.1 Å². The van der Waals surface area contributed by atoms with Gasteiger partial charge in [-0.2, -0.15) is 0 Å². The van der Waals surface area contributed by atoms with Crippen LogP contribution in [0.4, 0.5) is 9.59 Å². The van der Waals surface area contributed by atoms with Crippen molar-refractivity contribution in [1.82, 2.24) is 21.3 Å². The minimum absolute atomic E-state index is 0.0922. The second-order valence-electron chi connectivity index (χ2n) is 9.58. The average molecular weight is 570 g/mol. The third kappa shape index (κ3) is 10.5. The summed E-state index contributed by atoms with van der Waals surface area (Å²) in [5.41, 5.74) is 9.16. The molecule has 222 valence electrons. The number of fused-ring (bicyclic) bond motifs is 3. The van der Waals surface area contributed by atoms with Gasteiger partial charge in [-0.05, 0) is 34.6 Å². The summed E-state index contributed by atoms with van der Waals surface area (Å²) in [7, 11) is 0. The standard InChI is InChI=1S/C25H29N3O6.C4H10N2O/c1-15(2)23(24(31)26-12-22(30)27-14-34-16(3)29)28-25(32)33-13-21-19-10-6-4-8-17(19)18-9-5-7-11-20(18)21;1-2-3-6-4(5)7/h4-11,15,21,23H,12-14H2,1-3H3,(H,26,31)(H,27,30)(H,28,32);2-3H2,1H3,(H3,5,6,7). The van der Waals surface area contributed by atoms with Gasteiger partial charge < -0.3 is 36.5 Å². The van der Waals surface area contributed by atoms with Crippen LogP contribution in [0.3, 0.4) is 0 Å². The highest BCUT2D eigenvalue weighted by molar-refractivity contribution is 5.89. The van der Waals surface area contributed by atoms with Crippen molar-refractivity contribution in [2.75, 3.05) is 26.4 Å². The zero-order chi connectivity index (χ0) is 30.4. The van der Waals surface area contributed by atoms with E-state index in [1.165, 1.54) is 6.92 Å². The Hall–Kier alpha value is -4.61. The van der Waals surface area contributed by atoms with Crippen LogP contribution < -0.4 is 27.0 Å². The van der Waals surface area contributed by atoms with Crippen LogP contribution in [0, 0.1) is 5.92 Å². The number of ether oxygens (including phenoxy) is 2. The largest absolute Gasteiger partial charge is 0.449 e. The van der Waals surface area contributed by atoms with Gasteiger partial charge in [0, 0.05) is 19.4 Å². The summed E-state index contributed by atoms with van der Waals surface area (Å²) in [6.07, 6.45) is 0.221. The molecule has 1 aliphatic rings. The molecular formula is C29H39N5O7. The maximum atomic E-state index is 12.5. The van der Waals surface area contributed by atoms with Crippen LogP contribution >= 0.6 is 0 Å². The van der Waals surface area contributed by atoms with Gasteiger partial charge >= 0.3 is 18.1 Å². The first-order chi connectivity index (χ1) is 19.5. The first-order valence-electron chi connectivity index (χ1n) is 13.4. The number of urea groups is 1. The van der Waals surface area contributed by atoms with E-state index in [-0.39, 0.29) is 31.7 Å². The molecular weight excluding hydrogens is 530 g/mol. The highest BCUT2D eigenvalue weighted by Crippen LogP contribution is 2.44. The predicted octanol–water partition coefficient (Wildman–Crippen LogP) is 2.37. The van der Waals surface area contributed by atoms with Gasteiger partial charge in [-0.25, -0.2) is 9.59 Å². The Morgan fingerprint density at radius 3 is 1.95 bits per heavy atom. The van der Waals surface area contributed by atoms with Gasteiger partial charge in [0.15, 0.2) is 6.73 Å². The fourth-order valence-corrected chi connectivity index (χ4v) is 4.11. The van der Waals surface area contributed by atoms with Crippen LogP contribution in [0.25, 0.3) is 11.1 Å². The van der Waals surface area contributed by atoms with Crippen molar-refractivity contribution in [2.45, 2.75) is 46.1 Å². The van der Waals surface area contributed by atoms with E-state index in [0.717, 1.165) is 28.7 Å². The molecule has 0 fully saturated rings. The number of benzene rings is 2. The molecule has 0 radical (unpaired) electrons. The Morgan fingerprint density at radius 2 is 1.46 bits per heavy atom. The average Bonchev–Trinajstić information content (AvgIpc) is 3.26. The summed E-state index contributed by atoms with van der Waals surface area (Å²) < 4.78 is 10.1. The van der Waals surface area contributed by atoms with Gasteiger partial charge in [-0.1, -0.05) is 69.3 Å². The van der Waals surface area contributed by atoms with E-state index in [1.807, 2.05) is 43.3 Å². The molecule has 12 heteroatoms. The fraction of sp³-hybridized carbons (Fsp3) is 0.414. The van der Waals surface area contributed by atoms with Crippen LogP contribution in [0.1, 0.15) is 51.2 Å². The lowest BCUT2D eigenvalue weighted by atomic mass is 9.98. The first kappa shape index (κ1) is 32.6. The number of primary amides is 1. The highest BCUT2D eigenvalue weighted by atomic mass is 16.5. The summed E-state index contributed by atoms with van der Waals surface area (Å²) in [4.78, 5) is 57.4. The number of nitrogens with one attached hydrogen (secondary N) is 4. The Labute approximate surface area is 239 Å². The van der Waals surface area contributed by atoms with Gasteiger partial charge in [0.1, 0.15) is 12.6 Å². The molecule has 0 saturated carbocycles. The third-order valence-electron chi connectivity index (χ3n) is 6.08. The molecule has 0 heterocycles. The van der Waals surface area contributed by atoms with Crippen molar-refractivity contribution in [2.24, 2.45) is 11.7 Å². The van der Waals surface area contributed by atoms with Crippen molar-refractivity contribution >= 4 is 29.9 Å². The number of hydrogen-bond acceptors (Lipinski definition) is 7. The van der Waals surface area contributed by atoms with Crippen molar-refractivity contribution < 1.29 is 33.4 Å². The molecule has 1 aliphatic carbocycles. The number of esters is 1. The molecule has 2 aromatic rings. The minimum Gasteiger partial charge on any atom is -0.449 e. The molecule has 0 spiro atoms. The van der Waals surface area contributed by atoms with Gasteiger partial charge in [-0.3, -0.25) is 14.4 Å². The lowest BCUT2D eigenvalue weighted by Gasteiger charge is -2.22. The summed E-state index contributed by atoms with van der Waals surface area (Å²) in [5.74, 6) is -1.92. The fourth-order valence-electron chi connectivity index (χ4n) is 4.11. The number of nitrogens with two attached hydrogens (primary N) is 1. The molecule has 0 saturated heterocycles. The Balaban J connectivity index is 0.000000745. The second kappa shape index (κ2) is 16.5. The maximum absolute atomic E-state index is 12.5. The molecule has 3 rings (SSSR count). The Morgan fingerprint density at radius 1 is 0.878 bits per heavy atom. The quantitative estimate of drug-likeness (QED) is 0.204. The molecule has 41 heavy (non-hydrogen) atoms. The zero-order valence-electron chi connectivity index (χ0n) is 23.8. The topological polar surface area (TPSA) is 178 Å². The van der Waals surface area contributed by atoms with E-state index in [4.69, 9.17) is 10.5 Å². The lowest BCUT2D eigenvalue weighted by Crippen LogP contribution is -2.51. The molecule has 1 unspecified atom stereocenters. The molecule has 0 bridgehead atoms. The number of rotatable bonds is 11. The monoisotopic (exact) mass is 569 g/mol. The predicted molar refractivity (Wildman–Crippen MR) is 152 cm³/mol. The molecule has 6 N–H and O–H groups in total. The summed E-state index contributed by atoms with van der Waals surface area (Å²) >= 11 is 0. The van der Waals surface area contributed by atoms with Crippen LogP contribution in [-0.2, 0) is 23.9 Å². The van der Waals surface area contributed by atoms with Crippen molar-refractivity contribution in [1.29, 1.82) is 0 Å². The van der Waals surface area contributed by atoms with Crippen molar-refractivity contribution in [3.05, 3.63) is 59.7 Å². The number of carbonyl (C=O) groups excluding carboxylic acids is 5. The van der Waals surface area contributed by atoms with Crippen LogP contribution in [0.15, 0.2) is 48.5 Å². The number of alkyl carbamates (subject to hydrolysis) is 1. The van der Waals surface area contributed by atoms with Crippen LogP contribution in [-0.4, -0.2) is 62.4 Å². The van der Waals surface area contributed by atoms with Crippen LogP contribution in [0.5, 0.6) is 0 Å². The molecule has 12 nitrogen and oxygen atoms in total. The summed E-state index contributed by atoms with van der Waals surface area (Å²) in [6, 6.07) is 14.7. The Kier molecular flexibility index (Phi) is 13.1. The van der Waals surface area contributed by atoms with Gasteiger partial charge in [0.2, 0.25) is 11.8 Å². The van der Waals surface area contributed by atoms with E-state index >= 15 is 0 Å². The van der Waals surface area contributed by atoms with Crippen molar-refractivity contribution in [3.63, 3.8) is 0 Å². The number of hydrogen-bond donors (Lipinski definition) is 5. The normalized spacial score (nSPS) is 12.0. The third-order valence-corrected chi connectivity index (χ3v) is 6.08. The highest BCUT2D eigenvalue weighted by Gasteiger charge is 2.30. The molecule has 2 aromatic carbocycles. The SMILES string of the molecule is CC(=O)OCNC(=O)CNC(=O)C(NC(=O)OCC1c2ccccc2-c2ccccc21)C(C)C.CCCNC(N)=O. The maximum Gasteiger partial charge on any atom is 0.407 e.